The van der Waals surface area contributed by atoms with Crippen molar-refractivity contribution in [1.29, 1.82) is 0 Å². The summed E-state index contributed by atoms with van der Waals surface area (Å²) in [5.41, 5.74) is 2.59. The Morgan fingerprint density at radius 1 is 1.26 bits per heavy atom. The lowest BCUT2D eigenvalue weighted by atomic mass is 9.98. The van der Waals surface area contributed by atoms with Crippen molar-refractivity contribution in [3.05, 3.63) is 35.2 Å². The molecule has 0 saturated heterocycles. The number of ether oxygens (including phenoxy) is 1. The Morgan fingerprint density at radius 2 is 2.11 bits per heavy atom. The highest BCUT2D eigenvalue weighted by atomic mass is 16.5. The highest BCUT2D eigenvalue weighted by Gasteiger charge is 2.07. The third kappa shape index (κ3) is 3.53. The smallest absolute Gasteiger partial charge is 0.174 e. The molecule has 1 aromatic heterocycles. The predicted octanol–water partition coefficient (Wildman–Crippen LogP) is 2.51. The van der Waals surface area contributed by atoms with Gasteiger partial charge in [0.2, 0.25) is 0 Å². The van der Waals surface area contributed by atoms with E-state index in [1.807, 2.05) is 0 Å². The monoisotopic (exact) mass is 260 g/mol. The summed E-state index contributed by atoms with van der Waals surface area (Å²) in [7, 11) is 1.72. The summed E-state index contributed by atoms with van der Waals surface area (Å²) >= 11 is 0. The molecule has 1 N–H and O–H groups in total. The molecule has 102 valence electrons. The number of hydrogen-bond donors (Lipinski definition) is 1. The van der Waals surface area contributed by atoms with E-state index in [1.54, 1.807) is 7.11 Å². The fourth-order valence-electron chi connectivity index (χ4n) is 2.08. The van der Waals surface area contributed by atoms with Gasteiger partial charge in [0.05, 0.1) is 7.11 Å². The minimum absolute atomic E-state index is 0.530. The molecule has 0 aliphatic heterocycles. The molecule has 0 amide bonds. The molecule has 0 bridgehead atoms. The Bertz CT molecular complexity index is 508. The Balaban J connectivity index is 2.02. The number of hydrogen-bond acceptors (Lipinski definition) is 4. The standard InChI is InChI=1S/C14H20N4O/c1-10(2)11-7-8-13(19-3)12(9-11)5-4-6-14-15-17-18-16-14/h7-10H,4-6H2,1-3H3,(H,15,16,17,18). The maximum absolute atomic E-state index is 5.42. The minimum Gasteiger partial charge on any atom is -0.496 e. The third-order valence-electron chi connectivity index (χ3n) is 3.21. The quantitative estimate of drug-likeness (QED) is 0.866. The Hall–Kier alpha value is -1.91. The minimum atomic E-state index is 0.530. The number of H-pyrrole nitrogens is 1. The van der Waals surface area contributed by atoms with E-state index < -0.39 is 0 Å². The first kappa shape index (κ1) is 13.5. The Labute approximate surface area is 113 Å². The molecule has 0 unspecified atom stereocenters. The average molecular weight is 260 g/mol. The summed E-state index contributed by atoms with van der Waals surface area (Å²) < 4.78 is 5.42. The number of benzene rings is 1. The third-order valence-corrected chi connectivity index (χ3v) is 3.21. The number of tetrazole rings is 1. The van der Waals surface area contributed by atoms with Crippen LogP contribution in [0.15, 0.2) is 18.2 Å². The molecule has 0 aliphatic rings. The Kier molecular flexibility index (Phi) is 4.49. The van der Waals surface area contributed by atoms with Crippen LogP contribution in [0.5, 0.6) is 5.75 Å². The molecular weight excluding hydrogens is 240 g/mol. The van der Waals surface area contributed by atoms with Gasteiger partial charge in [0.25, 0.3) is 0 Å². The molecule has 2 aromatic rings. The number of methoxy groups -OCH3 is 1. The Morgan fingerprint density at radius 3 is 2.74 bits per heavy atom. The fraction of sp³-hybridized carbons (Fsp3) is 0.500. The molecule has 1 heterocycles. The van der Waals surface area contributed by atoms with Crippen molar-refractivity contribution in [3.8, 4) is 5.75 Å². The van der Waals surface area contributed by atoms with Crippen molar-refractivity contribution in [1.82, 2.24) is 20.6 Å². The van der Waals surface area contributed by atoms with Crippen LogP contribution < -0.4 is 4.74 Å². The van der Waals surface area contributed by atoms with Gasteiger partial charge < -0.3 is 4.74 Å². The van der Waals surface area contributed by atoms with Gasteiger partial charge in [-0.05, 0) is 36.0 Å². The SMILES string of the molecule is COc1ccc(C(C)C)cc1CCCc1nn[nH]n1. The molecule has 2 rings (SSSR count). The lowest BCUT2D eigenvalue weighted by Crippen LogP contribution is -1.98. The highest BCUT2D eigenvalue weighted by molar-refractivity contribution is 5.38. The topological polar surface area (TPSA) is 63.7 Å². The van der Waals surface area contributed by atoms with Crippen LogP contribution in [0.1, 0.15) is 43.1 Å². The van der Waals surface area contributed by atoms with E-state index in [0.717, 1.165) is 30.8 Å². The van der Waals surface area contributed by atoms with Crippen LogP contribution in [-0.4, -0.2) is 27.7 Å². The second kappa shape index (κ2) is 6.31. The van der Waals surface area contributed by atoms with E-state index in [1.165, 1.54) is 11.1 Å². The molecule has 1 aromatic carbocycles. The molecule has 5 nitrogen and oxygen atoms in total. The summed E-state index contributed by atoms with van der Waals surface area (Å²) in [5, 5.41) is 13.9. The van der Waals surface area contributed by atoms with Crippen molar-refractivity contribution in [2.75, 3.05) is 7.11 Å². The number of nitrogens with zero attached hydrogens (tertiary/aromatic N) is 3. The molecule has 0 aliphatic carbocycles. The fourth-order valence-corrected chi connectivity index (χ4v) is 2.08. The summed E-state index contributed by atoms with van der Waals surface area (Å²) in [5.74, 6) is 2.25. The van der Waals surface area contributed by atoms with Crippen LogP contribution in [0.2, 0.25) is 0 Å². The molecule has 0 spiro atoms. The molecule has 5 heteroatoms. The van der Waals surface area contributed by atoms with Gasteiger partial charge in [0.15, 0.2) is 5.82 Å². The zero-order chi connectivity index (χ0) is 13.7. The highest BCUT2D eigenvalue weighted by Crippen LogP contribution is 2.25. The predicted molar refractivity (Wildman–Crippen MR) is 73.3 cm³/mol. The van der Waals surface area contributed by atoms with Gasteiger partial charge in [-0.2, -0.15) is 5.21 Å². The molecule has 0 radical (unpaired) electrons. The summed E-state index contributed by atoms with van der Waals surface area (Å²) in [4.78, 5) is 0. The summed E-state index contributed by atoms with van der Waals surface area (Å²) in [6.45, 7) is 4.40. The molecule has 0 atom stereocenters. The second-order valence-corrected chi connectivity index (χ2v) is 4.91. The van der Waals surface area contributed by atoms with Crippen molar-refractivity contribution in [3.63, 3.8) is 0 Å². The maximum Gasteiger partial charge on any atom is 0.174 e. The first-order chi connectivity index (χ1) is 9.20. The molecule has 0 fully saturated rings. The van der Waals surface area contributed by atoms with E-state index in [0.29, 0.717) is 5.92 Å². The molecule has 19 heavy (non-hydrogen) atoms. The van der Waals surface area contributed by atoms with Crippen LogP contribution in [-0.2, 0) is 12.8 Å². The first-order valence-electron chi connectivity index (χ1n) is 6.60. The van der Waals surface area contributed by atoms with Gasteiger partial charge >= 0.3 is 0 Å². The summed E-state index contributed by atoms with van der Waals surface area (Å²) in [6, 6.07) is 6.42. The van der Waals surface area contributed by atoms with Gasteiger partial charge in [-0.25, -0.2) is 0 Å². The van der Waals surface area contributed by atoms with Crippen LogP contribution in [0.25, 0.3) is 0 Å². The molecular formula is C14H20N4O. The zero-order valence-corrected chi connectivity index (χ0v) is 11.7. The number of aromatic nitrogens is 4. The van der Waals surface area contributed by atoms with Gasteiger partial charge in [-0.3, -0.25) is 0 Å². The van der Waals surface area contributed by atoms with Crippen molar-refractivity contribution in [2.45, 2.75) is 39.0 Å². The van der Waals surface area contributed by atoms with Crippen LogP contribution >= 0.6 is 0 Å². The van der Waals surface area contributed by atoms with E-state index in [-0.39, 0.29) is 0 Å². The maximum atomic E-state index is 5.42. The van der Waals surface area contributed by atoms with Gasteiger partial charge in [0, 0.05) is 6.42 Å². The van der Waals surface area contributed by atoms with Gasteiger partial charge in [0.1, 0.15) is 5.75 Å². The first-order valence-corrected chi connectivity index (χ1v) is 6.60. The van der Waals surface area contributed by atoms with E-state index >= 15 is 0 Å². The van der Waals surface area contributed by atoms with Crippen LogP contribution in [0, 0.1) is 0 Å². The van der Waals surface area contributed by atoms with Crippen molar-refractivity contribution >= 4 is 0 Å². The van der Waals surface area contributed by atoms with E-state index in [4.69, 9.17) is 4.74 Å². The second-order valence-electron chi connectivity index (χ2n) is 4.91. The number of nitrogens with one attached hydrogen (secondary N) is 1. The van der Waals surface area contributed by atoms with Crippen LogP contribution in [0.4, 0.5) is 0 Å². The normalized spacial score (nSPS) is 10.9. The summed E-state index contributed by atoms with van der Waals surface area (Å²) in [6.07, 6.45) is 2.77. The van der Waals surface area contributed by atoms with Gasteiger partial charge in [-0.1, -0.05) is 31.2 Å². The lowest BCUT2D eigenvalue weighted by Gasteiger charge is -2.12. The number of aryl methyl sites for hydroxylation is 2. The zero-order valence-electron chi connectivity index (χ0n) is 11.7. The van der Waals surface area contributed by atoms with E-state index in [9.17, 15) is 0 Å². The van der Waals surface area contributed by atoms with Crippen molar-refractivity contribution in [2.24, 2.45) is 0 Å². The van der Waals surface area contributed by atoms with Crippen molar-refractivity contribution < 1.29 is 4.74 Å². The van der Waals surface area contributed by atoms with E-state index in [2.05, 4.69) is 52.7 Å². The average Bonchev–Trinajstić information content (AvgIpc) is 2.91. The number of rotatable bonds is 6. The number of aromatic amines is 1. The largest absolute Gasteiger partial charge is 0.496 e. The molecule has 0 saturated carbocycles. The van der Waals surface area contributed by atoms with Gasteiger partial charge in [-0.15, -0.1) is 10.2 Å². The van der Waals surface area contributed by atoms with Crippen LogP contribution in [0.3, 0.4) is 0 Å². The lowest BCUT2D eigenvalue weighted by molar-refractivity contribution is 0.408.